The first-order valence-corrected chi connectivity index (χ1v) is 8.23. The second-order valence-electron chi connectivity index (χ2n) is 5.63. The first-order valence-electron chi connectivity index (χ1n) is 6.98. The average molecular weight is 388 g/mol. The van der Waals surface area contributed by atoms with Crippen LogP contribution in [0.1, 0.15) is 29.1 Å². The van der Waals surface area contributed by atoms with Crippen molar-refractivity contribution in [1.82, 2.24) is 5.32 Å². The van der Waals surface area contributed by atoms with Crippen molar-refractivity contribution in [1.29, 1.82) is 0 Å². The maximum Gasteiger partial charge on any atom is 0.253 e. The Morgan fingerprint density at radius 1 is 1.29 bits per heavy atom. The Balaban J connectivity index is 0.00000288. The number of carbonyl (C=O) groups excluding carboxylic acids is 2. The van der Waals surface area contributed by atoms with E-state index in [4.69, 9.17) is 17.3 Å². The zero-order chi connectivity index (χ0) is 17.0. The molecule has 1 aromatic heterocycles. The number of amides is 2. The minimum absolute atomic E-state index is 0. The third kappa shape index (κ3) is 5.49. The number of hydrogen-bond acceptors (Lipinski definition) is 4. The van der Waals surface area contributed by atoms with E-state index in [0.29, 0.717) is 22.8 Å². The van der Waals surface area contributed by atoms with Crippen LogP contribution in [-0.2, 0) is 11.3 Å². The summed E-state index contributed by atoms with van der Waals surface area (Å²) in [6.45, 7) is 3.64. The molecule has 2 amide bonds. The Labute approximate surface area is 156 Å². The number of thiophene rings is 1. The van der Waals surface area contributed by atoms with Gasteiger partial charge in [0.05, 0.1) is 22.7 Å². The van der Waals surface area contributed by atoms with Gasteiger partial charge in [-0.25, -0.2) is 0 Å². The molecule has 0 spiro atoms. The summed E-state index contributed by atoms with van der Waals surface area (Å²) in [7, 11) is 0. The number of nitrogens with one attached hydrogen (secondary N) is 2. The monoisotopic (exact) mass is 387 g/mol. The quantitative estimate of drug-likeness (QED) is 0.734. The van der Waals surface area contributed by atoms with Crippen LogP contribution in [0, 0.1) is 0 Å². The van der Waals surface area contributed by atoms with Crippen LogP contribution in [0.5, 0.6) is 0 Å². The maximum atomic E-state index is 12.3. The van der Waals surface area contributed by atoms with Gasteiger partial charge < -0.3 is 16.4 Å². The molecule has 0 unspecified atom stereocenters. The standard InChI is InChI=1S/C16H18ClN3O2S.ClH/c1-16(2,18)15(22)20-10-5-6-13(17)12(8-10)14(21)19-9-11-4-3-7-23-11;/h3-8H,9,18H2,1-2H3,(H,19,21)(H,20,22);1H. The van der Waals surface area contributed by atoms with Crippen LogP contribution in [0.15, 0.2) is 35.7 Å². The lowest BCUT2D eigenvalue weighted by molar-refractivity contribution is -0.120. The van der Waals surface area contributed by atoms with Gasteiger partial charge in [0.25, 0.3) is 5.91 Å². The highest BCUT2D eigenvalue weighted by Crippen LogP contribution is 2.21. The smallest absolute Gasteiger partial charge is 0.253 e. The van der Waals surface area contributed by atoms with E-state index in [1.54, 1.807) is 37.3 Å². The van der Waals surface area contributed by atoms with E-state index in [0.717, 1.165) is 4.88 Å². The fraction of sp³-hybridized carbons (Fsp3) is 0.250. The van der Waals surface area contributed by atoms with Crippen LogP contribution in [0.25, 0.3) is 0 Å². The fourth-order valence-corrected chi connectivity index (χ4v) is 2.59. The summed E-state index contributed by atoms with van der Waals surface area (Å²) in [6.07, 6.45) is 0. The Kier molecular flexibility index (Phi) is 7.23. The number of rotatable bonds is 5. The molecule has 2 rings (SSSR count). The number of halogens is 2. The molecule has 0 aliphatic rings. The summed E-state index contributed by atoms with van der Waals surface area (Å²) in [5, 5.41) is 7.74. The second kappa shape index (κ2) is 8.48. The van der Waals surface area contributed by atoms with E-state index >= 15 is 0 Å². The molecule has 8 heteroatoms. The van der Waals surface area contributed by atoms with Gasteiger partial charge in [0, 0.05) is 10.6 Å². The van der Waals surface area contributed by atoms with E-state index in [-0.39, 0.29) is 24.2 Å². The van der Waals surface area contributed by atoms with Gasteiger partial charge in [-0.3, -0.25) is 9.59 Å². The first-order chi connectivity index (χ1) is 10.8. The van der Waals surface area contributed by atoms with Crippen LogP contribution >= 0.6 is 35.3 Å². The van der Waals surface area contributed by atoms with Crippen molar-refractivity contribution in [3.8, 4) is 0 Å². The number of anilines is 1. The van der Waals surface area contributed by atoms with Gasteiger partial charge in [0.15, 0.2) is 0 Å². The zero-order valence-electron chi connectivity index (χ0n) is 13.3. The third-order valence-corrected chi connectivity index (χ3v) is 4.26. The maximum absolute atomic E-state index is 12.3. The minimum atomic E-state index is -1.01. The lowest BCUT2D eigenvalue weighted by Crippen LogP contribution is -2.45. The van der Waals surface area contributed by atoms with Gasteiger partial charge in [0.1, 0.15) is 0 Å². The van der Waals surface area contributed by atoms with E-state index < -0.39 is 5.54 Å². The van der Waals surface area contributed by atoms with Crippen LogP contribution in [0.2, 0.25) is 5.02 Å². The van der Waals surface area contributed by atoms with E-state index in [1.807, 2.05) is 17.5 Å². The van der Waals surface area contributed by atoms with Crippen molar-refractivity contribution in [2.24, 2.45) is 5.73 Å². The molecule has 0 saturated heterocycles. The Morgan fingerprint density at radius 3 is 2.58 bits per heavy atom. The molecule has 0 aliphatic heterocycles. The number of carbonyl (C=O) groups is 2. The Bertz CT molecular complexity index is 713. The topological polar surface area (TPSA) is 84.2 Å². The summed E-state index contributed by atoms with van der Waals surface area (Å²) in [4.78, 5) is 25.2. The molecule has 0 bridgehead atoms. The summed E-state index contributed by atoms with van der Waals surface area (Å²) in [6, 6.07) is 8.59. The molecule has 0 saturated carbocycles. The molecule has 1 heterocycles. The summed E-state index contributed by atoms with van der Waals surface area (Å²) in [5.41, 5.74) is 5.50. The number of hydrogen-bond donors (Lipinski definition) is 3. The normalized spacial score (nSPS) is 10.7. The van der Waals surface area contributed by atoms with Gasteiger partial charge >= 0.3 is 0 Å². The highest BCUT2D eigenvalue weighted by Gasteiger charge is 2.22. The molecular formula is C16H19Cl2N3O2S. The SMILES string of the molecule is CC(C)(N)C(=O)Nc1ccc(Cl)c(C(=O)NCc2cccs2)c1.Cl. The summed E-state index contributed by atoms with van der Waals surface area (Å²) < 4.78 is 0. The van der Waals surface area contributed by atoms with Crippen molar-refractivity contribution in [3.63, 3.8) is 0 Å². The van der Waals surface area contributed by atoms with Crippen LogP contribution in [0.4, 0.5) is 5.69 Å². The Morgan fingerprint density at radius 2 is 2.00 bits per heavy atom. The van der Waals surface area contributed by atoms with Gasteiger partial charge in [-0.05, 0) is 43.5 Å². The summed E-state index contributed by atoms with van der Waals surface area (Å²) >= 11 is 7.64. The number of nitrogens with two attached hydrogens (primary N) is 1. The molecule has 4 N–H and O–H groups in total. The lowest BCUT2D eigenvalue weighted by Gasteiger charge is -2.18. The van der Waals surface area contributed by atoms with Gasteiger partial charge in [0.2, 0.25) is 5.91 Å². The predicted molar refractivity (Wildman–Crippen MR) is 101 cm³/mol. The van der Waals surface area contributed by atoms with Gasteiger partial charge in [-0.1, -0.05) is 17.7 Å². The number of benzene rings is 1. The van der Waals surface area contributed by atoms with Crippen LogP contribution < -0.4 is 16.4 Å². The molecule has 24 heavy (non-hydrogen) atoms. The molecule has 0 fully saturated rings. The molecule has 130 valence electrons. The second-order valence-corrected chi connectivity index (χ2v) is 7.07. The molecule has 2 aromatic rings. The molecule has 1 aromatic carbocycles. The van der Waals surface area contributed by atoms with Crippen LogP contribution in [-0.4, -0.2) is 17.4 Å². The third-order valence-electron chi connectivity index (χ3n) is 3.06. The van der Waals surface area contributed by atoms with E-state index in [9.17, 15) is 9.59 Å². The highest BCUT2D eigenvalue weighted by atomic mass is 35.5. The van der Waals surface area contributed by atoms with Crippen molar-refractivity contribution >= 4 is 52.8 Å². The minimum Gasteiger partial charge on any atom is -0.347 e. The molecule has 0 aliphatic carbocycles. The van der Waals surface area contributed by atoms with E-state index in [1.165, 1.54) is 6.07 Å². The van der Waals surface area contributed by atoms with Crippen molar-refractivity contribution in [2.75, 3.05) is 5.32 Å². The summed E-state index contributed by atoms with van der Waals surface area (Å²) in [5.74, 6) is -0.642. The Hall–Kier alpha value is -1.60. The highest BCUT2D eigenvalue weighted by molar-refractivity contribution is 7.09. The lowest BCUT2D eigenvalue weighted by atomic mass is 10.1. The predicted octanol–water partition coefficient (Wildman–Crippen LogP) is 3.43. The van der Waals surface area contributed by atoms with Gasteiger partial charge in [-0.2, -0.15) is 0 Å². The van der Waals surface area contributed by atoms with Crippen molar-refractivity contribution in [2.45, 2.75) is 25.9 Å². The molecule has 5 nitrogen and oxygen atoms in total. The fourth-order valence-electron chi connectivity index (χ4n) is 1.74. The van der Waals surface area contributed by atoms with E-state index in [2.05, 4.69) is 10.6 Å². The largest absolute Gasteiger partial charge is 0.347 e. The van der Waals surface area contributed by atoms with Gasteiger partial charge in [-0.15, -0.1) is 23.7 Å². The molecular weight excluding hydrogens is 369 g/mol. The van der Waals surface area contributed by atoms with Crippen LogP contribution in [0.3, 0.4) is 0 Å². The molecule has 0 atom stereocenters. The average Bonchev–Trinajstić information content (AvgIpc) is 2.99. The molecule has 0 radical (unpaired) electrons. The van der Waals surface area contributed by atoms with Crippen molar-refractivity contribution in [3.05, 3.63) is 51.2 Å². The zero-order valence-corrected chi connectivity index (χ0v) is 15.6. The first kappa shape index (κ1) is 20.4. The van der Waals surface area contributed by atoms with Crippen molar-refractivity contribution < 1.29 is 9.59 Å².